The van der Waals surface area contributed by atoms with Crippen LogP contribution in [0.2, 0.25) is 0 Å². The lowest BCUT2D eigenvalue weighted by Gasteiger charge is -2.23. The van der Waals surface area contributed by atoms with Gasteiger partial charge in [0.25, 0.3) is 5.91 Å². The highest BCUT2D eigenvalue weighted by Crippen LogP contribution is 2.19. The maximum atomic E-state index is 12.5. The van der Waals surface area contributed by atoms with Gasteiger partial charge >= 0.3 is 0 Å². The summed E-state index contributed by atoms with van der Waals surface area (Å²) in [5.41, 5.74) is 8.61. The number of aliphatic hydroxyl groups excluding tert-OH is 1. The second-order valence-electron chi connectivity index (χ2n) is 6.18. The third kappa shape index (κ3) is 4.25. The van der Waals surface area contributed by atoms with E-state index in [4.69, 9.17) is 5.73 Å². The first-order valence-electron chi connectivity index (χ1n) is 8.57. The molecular formula is C22H20N2O2. The summed E-state index contributed by atoms with van der Waals surface area (Å²) in [6, 6.07) is 14.4. The number of hydrogen-bond acceptors (Lipinski definition) is 3. The lowest BCUT2D eigenvalue weighted by atomic mass is 10.1. The standard InChI is InChI=1S/C22H20N2O2/c23-20-13-9-18(10-14-20)5-2-1-4-17-7-11-19(12-8-17)22(26)24-15-3-6-21(24)16-25/h7-14,21,25H,3,6,15-16,23H2/t21-/m0/s1. The van der Waals surface area contributed by atoms with E-state index >= 15 is 0 Å². The maximum absolute atomic E-state index is 12.5. The molecule has 2 aromatic carbocycles. The molecule has 0 spiro atoms. The van der Waals surface area contributed by atoms with E-state index in [1.807, 2.05) is 24.3 Å². The van der Waals surface area contributed by atoms with Gasteiger partial charge in [0.05, 0.1) is 12.6 Å². The van der Waals surface area contributed by atoms with Gasteiger partial charge in [-0.15, -0.1) is 0 Å². The van der Waals surface area contributed by atoms with E-state index in [2.05, 4.69) is 23.7 Å². The van der Waals surface area contributed by atoms with E-state index in [-0.39, 0.29) is 18.6 Å². The van der Waals surface area contributed by atoms with E-state index in [0.29, 0.717) is 17.8 Å². The number of anilines is 1. The highest BCUT2D eigenvalue weighted by molar-refractivity contribution is 5.94. The van der Waals surface area contributed by atoms with Gasteiger partial charge in [-0.25, -0.2) is 0 Å². The minimum Gasteiger partial charge on any atom is -0.399 e. The summed E-state index contributed by atoms with van der Waals surface area (Å²) in [6.07, 6.45) is 1.80. The zero-order chi connectivity index (χ0) is 18.4. The number of nitrogens with zero attached hydrogens (tertiary/aromatic N) is 1. The molecule has 3 rings (SSSR count). The van der Waals surface area contributed by atoms with Crippen LogP contribution in [0.3, 0.4) is 0 Å². The van der Waals surface area contributed by atoms with Gasteiger partial charge < -0.3 is 15.7 Å². The highest BCUT2D eigenvalue weighted by Gasteiger charge is 2.28. The number of carbonyl (C=O) groups excluding carboxylic acids is 1. The number of carbonyl (C=O) groups is 1. The lowest BCUT2D eigenvalue weighted by Crippen LogP contribution is -2.37. The van der Waals surface area contributed by atoms with Crippen LogP contribution in [0, 0.1) is 23.7 Å². The molecular weight excluding hydrogens is 324 g/mol. The molecule has 1 fully saturated rings. The summed E-state index contributed by atoms with van der Waals surface area (Å²) >= 11 is 0. The van der Waals surface area contributed by atoms with Gasteiger partial charge in [-0.2, -0.15) is 0 Å². The van der Waals surface area contributed by atoms with E-state index in [1.54, 1.807) is 29.2 Å². The number of benzene rings is 2. The number of rotatable bonds is 2. The minimum absolute atomic E-state index is 0.0158. The normalized spacial score (nSPS) is 15.6. The summed E-state index contributed by atoms with van der Waals surface area (Å²) in [7, 11) is 0. The zero-order valence-electron chi connectivity index (χ0n) is 14.4. The number of amides is 1. The largest absolute Gasteiger partial charge is 0.399 e. The monoisotopic (exact) mass is 344 g/mol. The molecule has 0 aliphatic carbocycles. The van der Waals surface area contributed by atoms with Crippen molar-refractivity contribution in [1.29, 1.82) is 0 Å². The quantitative estimate of drug-likeness (QED) is 0.649. The molecule has 4 nitrogen and oxygen atoms in total. The van der Waals surface area contributed by atoms with Crippen LogP contribution in [-0.2, 0) is 0 Å². The molecule has 0 saturated carbocycles. The average Bonchev–Trinajstić information content (AvgIpc) is 3.15. The second kappa shape index (κ2) is 8.25. The third-order valence-corrected chi connectivity index (χ3v) is 4.37. The third-order valence-electron chi connectivity index (χ3n) is 4.37. The molecule has 130 valence electrons. The molecule has 3 N–H and O–H groups in total. The van der Waals surface area contributed by atoms with E-state index in [9.17, 15) is 9.90 Å². The van der Waals surface area contributed by atoms with Crippen LogP contribution >= 0.6 is 0 Å². The van der Waals surface area contributed by atoms with Crippen LogP contribution < -0.4 is 5.73 Å². The number of hydrogen-bond donors (Lipinski definition) is 2. The summed E-state index contributed by atoms with van der Waals surface area (Å²) in [5, 5.41) is 9.36. The Kier molecular flexibility index (Phi) is 5.59. The van der Waals surface area contributed by atoms with Crippen molar-refractivity contribution < 1.29 is 9.90 Å². The summed E-state index contributed by atoms with van der Waals surface area (Å²) in [4.78, 5) is 14.3. The summed E-state index contributed by atoms with van der Waals surface area (Å²) in [5.74, 6) is 11.5. The van der Waals surface area contributed by atoms with Crippen molar-refractivity contribution >= 4 is 11.6 Å². The second-order valence-corrected chi connectivity index (χ2v) is 6.18. The van der Waals surface area contributed by atoms with Crippen LogP contribution in [0.25, 0.3) is 0 Å². The Morgan fingerprint density at radius 3 is 2.19 bits per heavy atom. The summed E-state index contributed by atoms with van der Waals surface area (Å²) in [6.45, 7) is 0.717. The van der Waals surface area contributed by atoms with Gasteiger partial charge in [0.2, 0.25) is 0 Å². The van der Waals surface area contributed by atoms with Crippen molar-refractivity contribution in [2.45, 2.75) is 18.9 Å². The van der Waals surface area contributed by atoms with E-state index in [0.717, 1.165) is 24.0 Å². The van der Waals surface area contributed by atoms with Crippen molar-refractivity contribution in [1.82, 2.24) is 4.90 Å². The van der Waals surface area contributed by atoms with E-state index < -0.39 is 0 Å². The highest BCUT2D eigenvalue weighted by atomic mass is 16.3. The molecule has 0 unspecified atom stereocenters. The first-order chi connectivity index (χ1) is 12.7. The Hall–Kier alpha value is -3.21. The van der Waals surface area contributed by atoms with Crippen LogP contribution in [0.4, 0.5) is 5.69 Å². The van der Waals surface area contributed by atoms with Crippen LogP contribution in [0.15, 0.2) is 48.5 Å². The molecule has 1 amide bonds. The van der Waals surface area contributed by atoms with Gasteiger partial charge in [-0.05, 0) is 73.2 Å². The summed E-state index contributed by atoms with van der Waals surface area (Å²) < 4.78 is 0. The molecule has 1 aliphatic heterocycles. The fourth-order valence-corrected chi connectivity index (χ4v) is 2.93. The Morgan fingerprint density at radius 1 is 1.04 bits per heavy atom. The molecule has 2 aromatic rings. The Bertz CT molecular complexity index is 894. The van der Waals surface area contributed by atoms with Crippen LogP contribution in [0.5, 0.6) is 0 Å². The number of aliphatic hydroxyl groups is 1. The molecule has 1 aliphatic rings. The average molecular weight is 344 g/mol. The van der Waals surface area contributed by atoms with Crippen molar-refractivity contribution in [2.24, 2.45) is 0 Å². The molecule has 1 saturated heterocycles. The number of nitrogen functional groups attached to an aromatic ring is 1. The zero-order valence-corrected chi connectivity index (χ0v) is 14.4. The molecule has 0 radical (unpaired) electrons. The van der Waals surface area contributed by atoms with Crippen molar-refractivity contribution in [2.75, 3.05) is 18.9 Å². The van der Waals surface area contributed by atoms with Crippen molar-refractivity contribution in [3.8, 4) is 23.7 Å². The van der Waals surface area contributed by atoms with Gasteiger partial charge in [-0.3, -0.25) is 4.79 Å². The predicted octanol–water partition coefficient (Wildman–Crippen LogP) is 2.27. The van der Waals surface area contributed by atoms with Crippen LogP contribution in [-0.4, -0.2) is 35.1 Å². The van der Waals surface area contributed by atoms with Crippen molar-refractivity contribution in [3.63, 3.8) is 0 Å². The van der Waals surface area contributed by atoms with Crippen molar-refractivity contribution in [3.05, 3.63) is 65.2 Å². The molecule has 1 heterocycles. The van der Waals surface area contributed by atoms with Crippen LogP contribution in [0.1, 0.15) is 34.3 Å². The molecule has 0 bridgehead atoms. The fourth-order valence-electron chi connectivity index (χ4n) is 2.93. The molecule has 1 atom stereocenters. The smallest absolute Gasteiger partial charge is 0.254 e. The lowest BCUT2D eigenvalue weighted by molar-refractivity contribution is 0.0677. The van der Waals surface area contributed by atoms with Gasteiger partial charge in [0.1, 0.15) is 0 Å². The Balaban J connectivity index is 1.65. The predicted molar refractivity (Wildman–Crippen MR) is 102 cm³/mol. The fraction of sp³-hybridized carbons (Fsp3) is 0.227. The van der Waals surface area contributed by atoms with E-state index in [1.165, 1.54) is 0 Å². The molecule has 26 heavy (non-hydrogen) atoms. The SMILES string of the molecule is Nc1ccc(C#CC#Cc2ccc(C(=O)N3CCC[C@H]3CO)cc2)cc1. The number of likely N-dealkylation sites (tertiary alicyclic amines) is 1. The van der Waals surface area contributed by atoms with Gasteiger partial charge in [-0.1, -0.05) is 11.8 Å². The molecule has 0 aromatic heterocycles. The Morgan fingerprint density at radius 2 is 1.62 bits per heavy atom. The van der Waals surface area contributed by atoms with Gasteiger partial charge in [0.15, 0.2) is 0 Å². The Labute approximate surface area is 153 Å². The first kappa shape index (κ1) is 17.6. The maximum Gasteiger partial charge on any atom is 0.254 e. The number of nitrogens with two attached hydrogens (primary N) is 1. The first-order valence-corrected chi connectivity index (χ1v) is 8.57. The topological polar surface area (TPSA) is 66.6 Å². The van der Waals surface area contributed by atoms with Gasteiger partial charge in [0, 0.05) is 28.9 Å². The minimum atomic E-state index is -0.0643. The molecule has 4 heteroatoms.